The van der Waals surface area contributed by atoms with E-state index in [2.05, 4.69) is 5.32 Å². The molecule has 23 heavy (non-hydrogen) atoms. The number of carboxylic acid groups (broad SMARTS) is 1. The molecule has 0 aliphatic carbocycles. The smallest absolute Gasteiger partial charge is 0.330 e. The van der Waals surface area contributed by atoms with Crippen LogP contribution in [-0.4, -0.2) is 44.0 Å². The van der Waals surface area contributed by atoms with Crippen LogP contribution in [0, 0.1) is 5.92 Å². The van der Waals surface area contributed by atoms with Crippen LogP contribution in [0.3, 0.4) is 0 Å². The standard InChI is InChI=1S/C15H21NO6S/c1-10(2)8-23(20,21)9-13(17)16-14(15(18)19)11-4-6-12(22-3)7-5-11/h4-7,10,14H,8-9H2,1-3H3,(H,16,17)(H,18,19). The second-order valence-electron chi connectivity index (χ2n) is 5.56. The summed E-state index contributed by atoms with van der Waals surface area (Å²) in [6, 6.07) is 4.81. The van der Waals surface area contributed by atoms with Crippen LogP contribution in [0.15, 0.2) is 24.3 Å². The van der Waals surface area contributed by atoms with Gasteiger partial charge < -0.3 is 15.2 Å². The Hall–Kier alpha value is -2.09. The molecule has 0 spiro atoms. The Morgan fingerprint density at radius 1 is 1.22 bits per heavy atom. The van der Waals surface area contributed by atoms with Gasteiger partial charge in [0.25, 0.3) is 0 Å². The summed E-state index contributed by atoms with van der Waals surface area (Å²) >= 11 is 0. The number of rotatable bonds is 8. The van der Waals surface area contributed by atoms with E-state index >= 15 is 0 Å². The number of benzene rings is 1. The molecule has 2 N–H and O–H groups in total. The number of amides is 1. The van der Waals surface area contributed by atoms with E-state index in [9.17, 15) is 23.1 Å². The lowest BCUT2D eigenvalue weighted by Gasteiger charge is -2.15. The van der Waals surface area contributed by atoms with Gasteiger partial charge in [0.2, 0.25) is 5.91 Å². The van der Waals surface area contributed by atoms with E-state index in [0.29, 0.717) is 11.3 Å². The first kappa shape index (κ1) is 19.0. The lowest BCUT2D eigenvalue weighted by molar-refractivity contribution is -0.141. The van der Waals surface area contributed by atoms with Gasteiger partial charge >= 0.3 is 5.97 Å². The summed E-state index contributed by atoms with van der Waals surface area (Å²) in [6.45, 7) is 3.46. The Morgan fingerprint density at radius 3 is 2.22 bits per heavy atom. The molecule has 0 heterocycles. The van der Waals surface area contributed by atoms with Crippen LogP contribution in [0.5, 0.6) is 5.75 Å². The summed E-state index contributed by atoms with van der Waals surface area (Å²) in [7, 11) is -2.09. The largest absolute Gasteiger partial charge is 0.497 e. The van der Waals surface area contributed by atoms with Crippen LogP contribution in [0.1, 0.15) is 25.5 Å². The highest BCUT2D eigenvalue weighted by Gasteiger charge is 2.25. The second-order valence-corrected chi connectivity index (χ2v) is 7.67. The number of carbonyl (C=O) groups excluding carboxylic acids is 1. The molecule has 0 radical (unpaired) electrons. The number of sulfone groups is 1. The normalized spacial score (nSPS) is 12.7. The van der Waals surface area contributed by atoms with Gasteiger partial charge in [-0.25, -0.2) is 13.2 Å². The van der Waals surface area contributed by atoms with Gasteiger partial charge in [0.1, 0.15) is 11.5 Å². The monoisotopic (exact) mass is 343 g/mol. The van der Waals surface area contributed by atoms with Gasteiger partial charge in [-0.1, -0.05) is 26.0 Å². The molecule has 0 aromatic heterocycles. The molecule has 0 aliphatic rings. The molecule has 0 saturated carbocycles. The van der Waals surface area contributed by atoms with E-state index in [4.69, 9.17) is 4.74 Å². The van der Waals surface area contributed by atoms with Crippen LogP contribution >= 0.6 is 0 Å². The van der Waals surface area contributed by atoms with Gasteiger partial charge in [-0.05, 0) is 23.6 Å². The van der Waals surface area contributed by atoms with Crippen LogP contribution in [0.2, 0.25) is 0 Å². The fourth-order valence-corrected chi connectivity index (χ4v) is 3.67. The van der Waals surface area contributed by atoms with E-state index < -0.39 is 33.5 Å². The van der Waals surface area contributed by atoms with Crippen molar-refractivity contribution in [2.45, 2.75) is 19.9 Å². The van der Waals surface area contributed by atoms with Crippen molar-refractivity contribution in [3.8, 4) is 5.75 Å². The van der Waals surface area contributed by atoms with E-state index in [1.54, 1.807) is 26.0 Å². The fraction of sp³-hybridized carbons (Fsp3) is 0.467. The van der Waals surface area contributed by atoms with Gasteiger partial charge in [-0.2, -0.15) is 0 Å². The summed E-state index contributed by atoms with van der Waals surface area (Å²) in [5.41, 5.74) is 0.327. The molecule has 0 saturated heterocycles. The predicted octanol–water partition coefficient (Wildman–Crippen LogP) is 1.01. The molecule has 8 heteroatoms. The van der Waals surface area contributed by atoms with Gasteiger partial charge in [-0.3, -0.25) is 4.79 Å². The molecule has 0 aliphatic heterocycles. The van der Waals surface area contributed by atoms with Crippen molar-refractivity contribution in [1.29, 1.82) is 0 Å². The molecular weight excluding hydrogens is 322 g/mol. The highest BCUT2D eigenvalue weighted by Crippen LogP contribution is 2.18. The lowest BCUT2D eigenvalue weighted by atomic mass is 10.1. The molecule has 1 aromatic carbocycles. The van der Waals surface area contributed by atoms with Gasteiger partial charge in [-0.15, -0.1) is 0 Å². The SMILES string of the molecule is COc1ccc(C(NC(=O)CS(=O)(=O)CC(C)C)C(=O)O)cc1. The number of methoxy groups -OCH3 is 1. The van der Waals surface area contributed by atoms with Gasteiger partial charge in [0.05, 0.1) is 12.9 Å². The van der Waals surface area contributed by atoms with Crippen molar-refractivity contribution in [2.24, 2.45) is 5.92 Å². The van der Waals surface area contributed by atoms with Crippen molar-refractivity contribution in [3.05, 3.63) is 29.8 Å². The van der Waals surface area contributed by atoms with E-state index in [-0.39, 0.29) is 11.7 Å². The average Bonchev–Trinajstić information content (AvgIpc) is 2.42. The first-order valence-corrected chi connectivity index (χ1v) is 8.83. The number of ether oxygens (including phenoxy) is 1. The molecule has 1 aromatic rings. The van der Waals surface area contributed by atoms with Crippen molar-refractivity contribution in [2.75, 3.05) is 18.6 Å². The number of carboxylic acids is 1. The van der Waals surface area contributed by atoms with Crippen LogP contribution in [-0.2, 0) is 19.4 Å². The molecular formula is C15H21NO6S. The van der Waals surface area contributed by atoms with Crippen molar-refractivity contribution in [3.63, 3.8) is 0 Å². The molecule has 0 bridgehead atoms. The first-order valence-electron chi connectivity index (χ1n) is 7.01. The predicted molar refractivity (Wildman–Crippen MR) is 85.0 cm³/mol. The zero-order valence-electron chi connectivity index (χ0n) is 13.3. The third kappa shape index (κ3) is 6.27. The molecule has 1 rings (SSSR count). The highest BCUT2D eigenvalue weighted by atomic mass is 32.2. The maximum absolute atomic E-state index is 11.9. The molecule has 128 valence electrons. The summed E-state index contributed by atoms with van der Waals surface area (Å²) in [5, 5.41) is 11.5. The Balaban J connectivity index is 2.83. The van der Waals surface area contributed by atoms with E-state index in [0.717, 1.165) is 0 Å². The molecule has 7 nitrogen and oxygen atoms in total. The third-order valence-corrected chi connectivity index (χ3v) is 4.82. The van der Waals surface area contributed by atoms with Gasteiger partial charge in [0.15, 0.2) is 15.9 Å². The summed E-state index contributed by atoms with van der Waals surface area (Å²) in [4.78, 5) is 23.2. The summed E-state index contributed by atoms with van der Waals surface area (Å²) < 4.78 is 28.6. The van der Waals surface area contributed by atoms with Crippen LogP contribution in [0.25, 0.3) is 0 Å². The molecule has 1 atom stereocenters. The number of hydrogen-bond acceptors (Lipinski definition) is 5. The Morgan fingerprint density at radius 2 is 1.78 bits per heavy atom. The molecule has 0 fully saturated rings. The van der Waals surface area contributed by atoms with E-state index in [1.165, 1.54) is 19.2 Å². The minimum atomic E-state index is -3.57. The average molecular weight is 343 g/mol. The Labute approximate surface area is 135 Å². The van der Waals surface area contributed by atoms with Crippen molar-refractivity contribution in [1.82, 2.24) is 5.32 Å². The quantitative estimate of drug-likeness (QED) is 0.729. The minimum absolute atomic E-state index is 0.107. The van der Waals surface area contributed by atoms with Crippen LogP contribution < -0.4 is 10.1 Å². The molecule has 1 amide bonds. The first-order chi connectivity index (χ1) is 10.6. The number of nitrogens with one attached hydrogen (secondary N) is 1. The highest BCUT2D eigenvalue weighted by molar-refractivity contribution is 7.92. The Kier molecular flexibility index (Phi) is 6.56. The van der Waals surface area contributed by atoms with Crippen LogP contribution in [0.4, 0.5) is 0 Å². The lowest BCUT2D eigenvalue weighted by Crippen LogP contribution is -2.38. The Bertz CT molecular complexity index is 651. The van der Waals surface area contributed by atoms with Crippen molar-refractivity contribution < 1.29 is 27.9 Å². The van der Waals surface area contributed by atoms with Crippen molar-refractivity contribution >= 4 is 21.7 Å². The minimum Gasteiger partial charge on any atom is -0.497 e. The maximum Gasteiger partial charge on any atom is 0.330 e. The topological polar surface area (TPSA) is 110 Å². The maximum atomic E-state index is 11.9. The zero-order valence-corrected chi connectivity index (χ0v) is 14.1. The second kappa shape index (κ2) is 7.96. The van der Waals surface area contributed by atoms with E-state index in [1.807, 2.05) is 0 Å². The summed E-state index contributed by atoms with van der Waals surface area (Å²) in [5.74, 6) is -2.53. The zero-order chi connectivity index (χ0) is 17.6. The number of aliphatic carboxylic acids is 1. The number of hydrogen-bond donors (Lipinski definition) is 2. The summed E-state index contributed by atoms with van der Waals surface area (Å²) in [6.07, 6.45) is 0. The fourth-order valence-electron chi connectivity index (χ4n) is 2.05. The number of carbonyl (C=O) groups is 2. The third-order valence-electron chi connectivity index (χ3n) is 2.94. The van der Waals surface area contributed by atoms with Gasteiger partial charge in [0, 0.05) is 0 Å². The molecule has 1 unspecified atom stereocenters.